The number of cyclic esters (lactones) is 1. The Bertz CT molecular complexity index is 1310. The normalized spacial score (nSPS) is 17.6. The Hall–Kier alpha value is -3.98. The highest BCUT2D eigenvalue weighted by Crippen LogP contribution is 2.39. The van der Waals surface area contributed by atoms with Crippen molar-refractivity contribution in [3.63, 3.8) is 0 Å². The lowest BCUT2D eigenvalue weighted by Crippen LogP contribution is -2.31. The van der Waals surface area contributed by atoms with E-state index >= 15 is 0 Å². The number of rotatable bonds is 6. The van der Waals surface area contributed by atoms with Crippen molar-refractivity contribution in [2.24, 2.45) is 0 Å². The van der Waals surface area contributed by atoms with Gasteiger partial charge in [-0.15, -0.1) is 10.2 Å². The van der Waals surface area contributed by atoms with Crippen molar-refractivity contribution in [2.45, 2.75) is 25.6 Å². The summed E-state index contributed by atoms with van der Waals surface area (Å²) in [6.45, 7) is 2.12. The molecule has 0 unspecified atom stereocenters. The van der Waals surface area contributed by atoms with Gasteiger partial charge in [-0.3, -0.25) is 9.88 Å². The topological polar surface area (TPSA) is 95.3 Å². The number of carbonyl (C=O) groups is 1. The fourth-order valence-corrected chi connectivity index (χ4v) is 4.05. The average Bonchev–Trinajstić information content (AvgIpc) is 3.44. The van der Waals surface area contributed by atoms with Crippen LogP contribution in [0.1, 0.15) is 17.3 Å². The fourth-order valence-electron chi connectivity index (χ4n) is 3.92. The van der Waals surface area contributed by atoms with Crippen LogP contribution >= 0.6 is 11.6 Å². The number of hydrogen-bond donors (Lipinski definition) is 0. The molecule has 2 aromatic heterocycles. The summed E-state index contributed by atoms with van der Waals surface area (Å²) in [5.74, 6) is 1.13. The number of amides is 1. The molecule has 4 aromatic rings. The molecule has 1 saturated heterocycles. The van der Waals surface area contributed by atoms with Crippen LogP contribution in [0.3, 0.4) is 0 Å². The van der Waals surface area contributed by atoms with Gasteiger partial charge in [0.1, 0.15) is 24.4 Å². The van der Waals surface area contributed by atoms with Crippen LogP contribution in [0.25, 0.3) is 11.4 Å². The van der Waals surface area contributed by atoms with Crippen LogP contribution in [0.4, 0.5) is 10.5 Å². The molecule has 1 fully saturated rings. The number of aromatic nitrogens is 5. The molecule has 10 heteroatoms. The molecule has 0 aliphatic carbocycles. The molecule has 0 spiro atoms. The van der Waals surface area contributed by atoms with Gasteiger partial charge in [-0.2, -0.15) is 4.80 Å². The van der Waals surface area contributed by atoms with E-state index in [1.54, 1.807) is 42.5 Å². The molecule has 1 amide bonds. The lowest BCUT2D eigenvalue weighted by atomic mass is 9.99. The molecule has 3 heterocycles. The minimum atomic E-state index is -0.575. The highest BCUT2D eigenvalue weighted by Gasteiger charge is 2.44. The Morgan fingerprint density at radius 1 is 1.12 bits per heavy atom. The maximum atomic E-state index is 13.0. The van der Waals surface area contributed by atoms with E-state index in [-0.39, 0.29) is 6.54 Å². The molecule has 1 aliphatic rings. The smallest absolute Gasteiger partial charge is 0.415 e. The van der Waals surface area contributed by atoms with Crippen LogP contribution in [-0.2, 0) is 11.3 Å². The van der Waals surface area contributed by atoms with Crippen molar-refractivity contribution in [3.8, 4) is 17.1 Å². The van der Waals surface area contributed by atoms with Crippen LogP contribution in [-0.4, -0.2) is 44.5 Å². The monoisotopic (exact) mass is 476 g/mol. The molecule has 34 heavy (non-hydrogen) atoms. The van der Waals surface area contributed by atoms with Gasteiger partial charge in [-0.25, -0.2) is 4.79 Å². The molecule has 5 rings (SSSR count). The van der Waals surface area contributed by atoms with Crippen molar-refractivity contribution < 1.29 is 14.3 Å². The average molecular weight is 477 g/mol. The Labute approximate surface area is 200 Å². The summed E-state index contributed by atoms with van der Waals surface area (Å²) in [5.41, 5.74) is 3.18. The quantitative estimate of drug-likeness (QED) is 0.405. The SMILES string of the molecule is COc1cccc([C@H]2[C@H](Cn3nnc(-c4ccc(C)nc4)n3)OC(=O)N2c2ccc(Cl)cc2)c1. The van der Waals surface area contributed by atoms with Gasteiger partial charge in [0.25, 0.3) is 0 Å². The first-order chi connectivity index (χ1) is 16.5. The molecule has 2 atom stereocenters. The lowest BCUT2D eigenvalue weighted by molar-refractivity contribution is 0.114. The number of nitrogens with zero attached hydrogens (tertiary/aromatic N) is 6. The summed E-state index contributed by atoms with van der Waals surface area (Å²) in [5, 5.41) is 13.4. The number of anilines is 1. The Morgan fingerprint density at radius 2 is 1.94 bits per heavy atom. The molecule has 0 saturated carbocycles. The highest BCUT2D eigenvalue weighted by atomic mass is 35.5. The van der Waals surface area contributed by atoms with Gasteiger partial charge >= 0.3 is 6.09 Å². The first-order valence-corrected chi connectivity index (χ1v) is 11.0. The number of methoxy groups -OCH3 is 1. The predicted molar refractivity (Wildman–Crippen MR) is 126 cm³/mol. The summed E-state index contributed by atoms with van der Waals surface area (Å²) in [6, 6.07) is 17.9. The van der Waals surface area contributed by atoms with Gasteiger partial charge in [0.15, 0.2) is 0 Å². The maximum absolute atomic E-state index is 13.0. The third-order valence-corrected chi connectivity index (χ3v) is 5.84. The zero-order valence-corrected chi connectivity index (χ0v) is 19.3. The van der Waals surface area contributed by atoms with E-state index in [2.05, 4.69) is 20.4 Å². The molecule has 0 radical (unpaired) electrons. The van der Waals surface area contributed by atoms with E-state index in [9.17, 15) is 4.79 Å². The largest absolute Gasteiger partial charge is 0.497 e. The van der Waals surface area contributed by atoms with E-state index in [1.807, 2.05) is 43.3 Å². The van der Waals surface area contributed by atoms with E-state index < -0.39 is 18.2 Å². The first kappa shape index (κ1) is 21.8. The molecular formula is C24H21ClN6O3. The van der Waals surface area contributed by atoms with Crippen molar-refractivity contribution in [1.82, 2.24) is 25.2 Å². The van der Waals surface area contributed by atoms with E-state index in [0.29, 0.717) is 22.3 Å². The first-order valence-electron chi connectivity index (χ1n) is 10.6. The maximum Gasteiger partial charge on any atom is 0.415 e. The Morgan fingerprint density at radius 3 is 2.68 bits per heavy atom. The van der Waals surface area contributed by atoms with Gasteiger partial charge in [-0.05, 0) is 66.2 Å². The van der Waals surface area contributed by atoms with Crippen molar-refractivity contribution in [1.29, 1.82) is 0 Å². The molecular weight excluding hydrogens is 456 g/mol. The standard InChI is InChI=1S/C24H21ClN6O3/c1-15-6-7-17(13-26-15)23-27-29-30(28-23)14-21-22(16-4-3-5-20(12-16)33-2)31(24(32)34-21)19-10-8-18(25)9-11-19/h3-13,21-22H,14H2,1-2H3/t21-,22-/m0/s1. The van der Waals surface area contributed by atoms with Gasteiger partial charge in [0.2, 0.25) is 5.82 Å². The zero-order valence-electron chi connectivity index (χ0n) is 18.5. The number of halogens is 1. The molecule has 9 nitrogen and oxygen atoms in total. The third-order valence-electron chi connectivity index (χ3n) is 5.58. The van der Waals surface area contributed by atoms with E-state index in [0.717, 1.165) is 16.8 Å². The number of benzene rings is 2. The number of ether oxygens (including phenoxy) is 2. The Kier molecular flexibility index (Phi) is 5.85. The van der Waals surface area contributed by atoms with Crippen LogP contribution in [0, 0.1) is 6.92 Å². The molecule has 0 bridgehead atoms. The second-order valence-corrected chi connectivity index (χ2v) is 8.28. The zero-order chi connectivity index (χ0) is 23.7. The van der Waals surface area contributed by atoms with Crippen LogP contribution < -0.4 is 9.64 Å². The minimum absolute atomic E-state index is 0.212. The molecule has 172 valence electrons. The lowest BCUT2D eigenvalue weighted by Gasteiger charge is -2.25. The summed E-state index contributed by atoms with van der Waals surface area (Å²) in [6.07, 6.45) is 0.657. The fraction of sp³-hybridized carbons (Fsp3) is 0.208. The third kappa shape index (κ3) is 4.29. The number of aryl methyl sites for hydroxylation is 1. The second kappa shape index (κ2) is 9.11. The number of carbonyl (C=O) groups excluding carboxylic acids is 1. The van der Waals surface area contributed by atoms with Crippen molar-refractivity contribution in [2.75, 3.05) is 12.0 Å². The van der Waals surface area contributed by atoms with Gasteiger partial charge < -0.3 is 9.47 Å². The molecule has 1 aliphatic heterocycles. The van der Waals surface area contributed by atoms with Crippen molar-refractivity contribution >= 4 is 23.4 Å². The summed E-state index contributed by atoms with van der Waals surface area (Å²) < 4.78 is 11.2. The van der Waals surface area contributed by atoms with E-state index in [1.165, 1.54) is 4.80 Å². The van der Waals surface area contributed by atoms with Crippen LogP contribution in [0.5, 0.6) is 5.75 Å². The van der Waals surface area contributed by atoms with Gasteiger partial charge in [0.05, 0.1) is 7.11 Å². The van der Waals surface area contributed by atoms with E-state index in [4.69, 9.17) is 21.1 Å². The highest BCUT2D eigenvalue weighted by molar-refractivity contribution is 6.30. The van der Waals surface area contributed by atoms with Crippen molar-refractivity contribution in [3.05, 3.63) is 83.1 Å². The van der Waals surface area contributed by atoms with Gasteiger partial charge in [0, 0.05) is 28.2 Å². The summed E-state index contributed by atoms with van der Waals surface area (Å²) in [7, 11) is 1.60. The summed E-state index contributed by atoms with van der Waals surface area (Å²) in [4.78, 5) is 20.3. The van der Waals surface area contributed by atoms with Gasteiger partial charge in [-0.1, -0.05) is 23.7 Å². The number of hydrogen-bond acceptors (Lipinski definition) is 7. The number of pyridine rings is 1. The van der Waals surface area contributed by atoms with Crippen LogP contribution in [0.2, 0.25) is 5.02 Å². The minimum Gasteiger partial charge on any atom is -0.497 e. The second-order valence-electron chi connectivity index (χ2n) is 7.85. The number of tetrazole rings is 1. The molecule has 0 N–H and O–H groups in total. The van der Waals surface area contributed by atoms with Crippen LogP contribution in [0.15, 0.2) is 66.9 Å². The predicted octanol–water partition coefficient (Wildman–Crippen LogP) is 4.47. The molecule has 2 aromatic carbocycles. The Balaban J connectivity index is 1.48. The summed E-state index contributed by atoms with van der Waals surface area (Å²) >= 11 is 6.06.